The first-order valence-corrected chi connectivity index (χ1v) is 15.4. The van der Waals surface area contributed by atoms with Crippen LogP contribution in [0.3, 0.4) is 0 Å². The fourth-order valence-electron chi connectivity index (χ4n) is 4.60. The summed E-state index contributed by atoms with van der Waals surface area (Å²) >= 11 is 37.1. The molecule has 0 aromatic heterocycles. The van der Waals surface area contributed by atoms with Crippen LogP contribution < -0.4 is 0 Å². The van der Waals surface area contributed by atoms with Crippen LogP contribution in [0.15, 0.2) is 34.3 Å². The predicted molar refractivity (Wildman–Crippen MR) is 180 cm³/mol. The Morgan fingerprint density at radius 2 is 0.952 bits per heavy atom. The molecule has 0 amide bonds. The zero-order valence-electron chi connectivity index (χ0n) is 24.8. The fraction of sp³-hybridized carbons (Fsp3) is 0.516. The van der Waals surface area contributed by atoms with E-state index in [1.807, 2.05) is 53.7 Å². The summed E-state index contributed by atoms with van der Waals surface area (Å²) in [5.74, 6) is -0.230. The quantitative estimate of drug-likeness (QED) is 0.186. The number of alkyl halides is 6. The van der Waals surface area contributed by atoms with Crippen molar-refractivity contribution in [3.63, 3.8) is 0 Å². The molecule has 3 rings (SSSR count). The molecule has 0 spiro atoms. The van der Waals surface area contributed by atoms with Crippen LogP contribution in [0.2, 0.25) is 0 Å². The molecule has 2 aromatic carbocycles. The molecule has 11 heteroatoms. The van der Waals surface area contributed by atoms with E-state index in [0.717, 1.165) is 36.8 Å². The van der Waals surface area contributed by atoms with Crippen molar-refractivity contribution in [3.05, 3.63) is 65.1 Å². The molecule has 1 aliphatic carbocycles. The van der Waals surface area contributed by atoms with Crippen LogP contribution in [0.25, 0.3) is 0 Å². The maximum atomic E-state index is 10.9. The first-order valence-electron chi connectivity index (χ1n) is 13.2. The number of hydrogen-bond donors (Lipinski definition) is 2. The molecule has 0 bridgehead atoms. The van der Waals surface area contributed by atoms with Crippen molar-refractivity contribution in [2.24, 2.45) is 9.98 Å². The molecule has 1 saturated carbocycles. The Hall–Kier alpha value is -0.374. The van der Waals surface area contributed by atoms with E-state index in [-0.39, 0.29) is 69.7 Å². The van der Waals surface area contributed by atoms with Gasteiger partial charge in [0.25, 0.3) is 0 Å². The van der Waals surface area contributed by atoms with Gasteiger partial charge in [0.15, 0.2) is 0 Å². The van der Waals surface area contributed by atoms with Gasteiger partial charge in [-0.3, -0.25) is 9.98 Å². The predicted octanol–water partition coefficient (Wildman–Crippen LogP) is 10.6. The zero-order valence-corrected chi connectivity index (χ0v) is 30.4. The van der Waals surface area contributed by atoms with Crippen LogP contribution in [0.5, 0.6) is 11.5 Å². The smallest absolute Gasteiger partial charge is 0.219 e. The number of aliphatic imine (C=N–C) groups is 2. The summed E-state index contributed by atoms with van der Waals surface area (Å²) in [7, 11) is 0. The first kappa shape index (κ1) is 39.7. The van der Waals surface area contributed by atoms with Crippen molar-refractivity contribution in [2.45, 2.75) is 97.7 Å². The Morgan fingerprint density at radius 3 is 1.21 bits per heavy atom. The number of hydrogen-bond acceptors (Lipinski definition) is 4. The fourth-order valence-corrected chi connectivity index (χ4v) is 5.46. The van der Waals surface area contributed by atoms with Gasteiger partial charge in [0.1, 0.15) is 11.5 Å². The van der Waals surface area contributed by atoms with Gasteiger partial charge < -0.3 is 17.6 Å². The molecule has 1 radical (unpaired) electrons. The number of benzene rings is 2. The summed E-state index contributed by atoms with van der Waals surface area (Å²) in [5, 5.41) is 21.9. The molecular formula is C31H39Cl6CoN2O2-. The van der Waals surface area contributed by atoms with Crippen LogP contribution in [0.1, 0.15) is 101 Å². The van der Waals surface area contributed by atoms with Crippen molar-refractivity contribution >= 4 is 82.0 Å². The third-order valence-corrected chi connectivity index (χ3v) is 8.35. The molecule has 237 valence electrons. The minimum absolute atomic E-state index is 0. The van der Waals surface area contributed by atoms with Gasteiger partial charge in [0, 0.05) is 51.5 Å². The van der Waals surface area contributed by atoms with E-state index in [9.17, 15) is 10.2 Å². The molecular weight excluding hydrogens is 704 g/mol. The SMILES string of the molecule is CC(C)(C)c1cc(C=NC2CCCCC2N=Cc2cc(C(C)(C)C)cc(C(Cl)(Cl)Cl)c2O)c(O)c(C(Cl)(Cl)Cl)c1.[CH3-].[Co]. The van der Waals surface area contributed by atoms with Crippen molar-refractivity contribution in [1.82, 2.24) is 0 Å². The molecule has 0 heterocycles. The molecule has 1 fully saturated rings. The molecule has 2 unspecified atom stereocenters. The molecule has 0 aliphatic heterocycles. The van der Waals surface area contributed by atoms with Gasteiger partial charge in [-0.1, -0.05) is 124 Å². The van der Waals surface area contributed by atoms with Gasteiger partial charge in [0.05, 0.1) is 12.1 Å². The molecule has 1 aliphatic rings. The molecule has 42 heavy (non-hydrogen) atoms. The Bertz CT molecular complexity index is 1190. The number of phenolic OH excluding ortho intramolecular Hbond substituents is 2. The van der Waals surface area contributed by atoms with E-state index in [1.54, 1.807) is 24.6 Å². The van der Waals surface area contributed by atoms with E-state index in [0.29, 0.717) is 11.1 Å². The number of aromatic hydroxyl groups is 2. The third-order valence-electron chi connectivity index (χ3n) is 7.13. The minimum Gasteiger partial charge on any atom is -0.507 e. The van der Waals surface area contributed by atoms with Gasteiger partial charge >= 0.3 is 0 Å². The molecule has 2 atom stereocenters. The zero-order chi connectivity index (χ0) is 30.3. The van der Waals surface area contributed by atoms with Crippen molar-refractivity contribution in [1.29, 1.82) is 0 Å². The number of nitrogens with zero attached hydrogens (tertiary/aromatic N) is 2. The Labute approximate surface area is 291 Å². The van der Waals surface area contributed by atoms with Gasteiger partial charge in [-0.15, -0.1) is 0 Å². The maximum absolute atomic E-state index is 10.9. The van der Waals surface area contributed by atoms with Gasteiger partial charge in [-0.05, 0) is 59.1 Å². The summed E-state index contributed by atoms with van der Waals surface area (Å²) in [4.78, 5) is 9.67. The molecule has 2 N–H and O–H groups in total. The number of rotatable bonds is 4. The van der Waals surface area contributed by atoms with Gasteiger partial charge in [-0.25, -0.2) is 0 Å². The topological polar surface area (TPSA) is 65.2 Å². The second kappa shape index (κ2) is 14.8. The van der Waals surface area contributed by atoms with Gasteiger partial charge in [-0.2, -0.15) is 0 Å². The average Bonchev–Trinajstić information content (AvgIpc) is 2.80. The summed E-state index contributed by atoms with van der Waals surface area (Å²) in [5.41, 5.74) is 2.71. The van der Waals surface area contributed by atoms with Crippen molar-refractivity contribution < 1.29 is 27.0 Å². The molecule has 0 saturated heterocycles. The van der Waals surface area contributed by atoms with Crippen LogP contribution in [-0.2, 0) is 35.2 Å². The minimum atomic E-state index is -1.79. The van der Waals surface area contributed by atoms with Crippen LogP contribution >= 0.6 is 69.6 Å². The Morgan fingerprint density at radius 1 is 0.643 bits per heavy atom. The number of halogens is 6. The first-order chi connectivity index (χ1) is 18.2. The van der Waals surface area contributed by atoms with Gasteiger partial charge in [0.2, 0.25) is 7.59 Å². The second-order valence-corrected chi connectivity index (χ2v) is 17.0. The summed E-state index contributed by atoms with van der Waals surface area (Å²) in [6.07, 6.45) is 6.93. The second-order valence-electron chi connectivity index (χ2n) is 12.4. The Kier molecular flexibility index (Phi) is 14.0. The Balaban J connectivity index is 0.00000441. The van der Waals surface area contributed by atoms with Crippen LogP contribution in [0, 0.1) is 7.43 Å². The van der Waals surface area contributed by atoms with E-state index >= 15 is 0 Å². The third kappa shape index (κ3) is 10.1. The monoisotopic (exact) mass is 740 g/mol. The van der Waals surface area contributed by atoms with E-state index in [2.05, 4.69) is 0 Å². The van der Waals surface area contributed by atoms with Crippen molar-refractivity contribution in [2.75, 3.05) is 0 Å². The van der Waals surface area contributed by atoms with E-state index < -0.39 is 7.59 Å². The molecule has 4 nitrogen and oxygen atoms in total. The number of phenols is 2. The van der Waals surface area contributed by atoms with E-state index in [1.165, 1.54) is 0 Å². The van der Waals surface area contributed by atoms with Crippen molar-refractivity contribution in [3.8, 4) is 11.5 Å². The summed E-state index contributed by atoms with van der Waals surface area (Å²) in [6.45, 7) is 12.3. The molecule has 2 aromatic rings. The van der Waals surface area contributed by atoms with E-state index in [4.69, 9.17) is 79.6 Å². The average molecular weight is 743 g/mol. The summed E-state index contributed by atoms with van der Waals surface area (Å²) < 4.78 is -3.58. The summed E-state index contributed by atoms with van der Waals surface area (Å²) in [6, 6.07) is 6.90. The normalized spacial score (nSPS) is 18.7. The van der Waals surface area contributed by atoms with Crippen LogP contribution in [-0.4, -0.2) is 34.7 Å². The van der Waals surface area contributed by atoms with Crippen LogP contribution in [0.4, 0.5) is 0 Å². The maximum Gasteiger partial charge on any atom is 0.219 e. The largest absolute Gasteiger partial charge is 0.507 e. The standard InChI is InChI=1S/C30H36Cl6N2O2.CH3.Co/c1-27(2,3)19-11-17(25(39)21(13-19)29(31,32)33)15-37-23-9-7-8-10-24(23)38-16-18-12-20(28(4,5)6)14-22(26(18)40)30(34,35)36;;/h11-16,23-24,39-40H,7-10H2,1-6H3;1H3;/q;-1;.